The lowest BCUT2D eigenvalue weighted by Gasteiger charge is -2.08. The average molecular weight is 480 g/mol. The van der Waals surface area contributed by atoms with E-state index in [0.29, 0.717) is 23.0 Å². The highest BCUT2D eigenvalue weighted by atomic mass is 79.9. The van der Waals surface area contributed by atoms with Crippen molar-refractivity contribution in [3.63, 3.8) is 0 Å². The zero-order chi connectivity index (χ0) is 21.0. The minimum absolute atomic E-state index is 0.0398. The van der Waals surface area contributed by atoms with Gasteiger partial charge in [-0.1, -0.05) is 28.1 Å². The summed E-state index contributed by atoms with van der Waals surface area (Å²) in [7, 11) is -2.14. The lowest BCUT2D eigenvalue weighted by molar-refractivity contribution is -0.144. The van der Waals surface area contributed by atoms with Crippen LogP contribution < -0.4 is 10.3 Å². The van der Waals surface area contributed by atoms with Crippen molar-refractivity contribution < 1.29 is 22.4 Å². The summed E-state index contributed by atoms with van der Waals surface area (Å²) in [5.74, 6) is -0.421. The van der Waals surface area contributed by atoms with Crippen molar-refractivity contribution in [2.24, 2.45) is 0 Å². The highest BCUT2D eigenvalue weighted by Crippen LogP contribution is 2.22. The van der Waals surface area contributed by atoms with Crippen LogP contribution in [0.2, 0.25) is 0 Å². The van der Waals surface area contributed by atoms with Gasteiger partial charge < -0.3 is 9.15 Å². The Kier molecular flexibility index (Phi) is 6.51. The zero-order valence-electron chi connectivity index (χ0n) is 15.5. The Morgan fingerprint density at radius 2 is 1.86 bits per heavy atom. The second-order valence-corrected chi connectivity index (χ2v) is 9.05. The number of ether oxygens (including phenoxy) is 1. The van der Waals surface area contributed by atoms with Gasteiger partial charge in [-0.2, -0.15) is 0 Å². The van der Waals surface area contributed by atoms with E-state index in [1.807, 2.05) is 6.07 Å². The summed E-state index contributed by atoms with van der Waals surface area (Å²) in [5.41, 5.74) is 1.28. The van der Waals surface area contributed by atoms with Crippen LogP contribution >= 0.6 is 15.9 Å². The van der Waals surface area contributed by atoms with Gasteiger partial charge in [0, 0.05) is 27.9 Å². The molecule has 0 saturated heterocycles. The Labute approximate surface area is 175 Å². The maximum atomic E-state index is 12.1. The molecule has 1 heterocycles. The number of hydrogen-bond acceptors (Lipinski definition) is 6. The molecule has 1 aromatic heterocycles. The Hall–Kier alpha value is -2.49. The summed E-state index contributed by atoms with van der Waals surface area (Å²) in [4.78, 5) is 24.0. The fourth-order valence-corrected chi connectivity index (χ4v) is 3.82. The smallest absolute Gasteiger partial charge is 0.336 e. The van der Waals surface area contributed by atoms with Gasteiger partial charge in [-0.15, -0.1) is 0 Å². The maximum absolute atomic E-state index is 12.1. The Balaban J connectivity index is 1.61. The molecule has 0 spiro atoms. The minimum Gasteiger partial charge on any atom is -0.461 e. The Morgan fingerprint density at radius 3 is 2.55 bits per heavy atom. The first kappa shape index (κ1) is 21.2. The van der Waals surface area contributed by atoms with Gasteiger partial charge in [-0.05, 0) is 49.4 Å². The van der Waals surface area contributed by atoms with Crippen molar-refractivity contribution in [2.45, 2.75) is 24.3 Å². The predicted molar refractivity (Wildman–Crippen MR) is 111 cm³/mol. The van der Waals surface area contributed by atoms with Crippen LogP contribution in [0.25, 0.3) is 11.0 Å². The fraction of sp³-hybridized carbons (Fsp3) is 0.200. The van der Waals surface area contributed by atoms with Crippen LogP contribution in [-0.4, -0.2) is 21.4 Å². The van der Waals surface area contributed by atoms with Crippen LogP contribution in [0.15, 0.2) is 67.1 Å². The second-order valence-electron chi connectivity index (χ2n) is 6.24. The number of aryl methyl sites for hydroxylation is 1. The number of halogens is 1. The quantitative estimate of drug-likeness (QED) is 0.412. The molecule has 0 unspecified atom stereocenters. The number of esters is 1. The Morgan fingerprint density at radius 1 is 1.14 bits per heavy atom. The van der Waals surface area contributed by atoms with E-state index in [1.165, 1.54) is 25.2 Å². The molecule has 0 aliphatic carbocycles. The molecule has 0 aliphatic heterocycles. The Bertz CT molecular complexity index is 1200. The van der Waals surface area contributed by atoms with Gasteiger partial charge >= 0.3 is 11.6 Å². The standard InChI is InChI=1S/C20H18BrNO6S/c1-22-29(25,26)16-6-2-13(3-7-16)4-9-19(23)27-12-14-10-20(24)28-18-11-15(21)5-8-17(14)18/h2-3,5-8,10-11,22H,4,9,12H2,1H3. The molecule has 0 radical (unpaired) electrons. The van der Waals surface area contributed by atoms with Crippen LogP contribution in [0.4, 0.5) is 0 Å². The average Bonchev–Trinajstić information content (AvgIpc) is 2.70. The van der Waals surface area contributed by atoms with Gasteiger partial charge in [-0.25, -0.2) is 17.9 Å². The minimum atomic E-state index is -3.49. The molecule has 0 atom stereocenters. The number of rotatable bonds is 7. The molecule has 1 N–H and O–H groups in total. The van der Waals surface area contributed by atoms with Crippen LogP contribution in [-0.2, 0) is 32.6 Å². The van der Waals surface area contributed by atoms with Crippen LogP contribution in [0, 0.1) is 0 Å². The first-order valence-electron chi connectivity index (χ1n) is 8.69. The van der Waals surface area contributed by atoms with Crippen molar-refractivity contribution in [1.29, 1.82) is 0 Å². The summed E-state index contributed by atoms with van der Waals surface area (Å²) >= 11 is 3.32. The first-order chi connectivity index (χ1) is 13.8. The van der Waals surface area contributed by atoms with E-state index < -0.39 is 21.6 Å². The third-order valence-corrected chi connectivity index (χ3v) is 6.22. The number of nitrogens with one attached hydrogen (secondary N) is 1. The van der Waals surface area contributed by atoms with Gasteiger partial charge in [0.05, 0.1) is 4.90 Å². The molecule has 0 aliphatic rings. The van der Waals surface area contributed by atoms with Gasteiger partial charge in [0.1, 0.15) is 12.2 Å². The SMILES string of the molecule is CNS(=O)(=O)c1ccc(CCC(=O)OCc2cc(=O)oc3cc(Br)ccc23)cc1. The number of carbonyl (C=O) groups is 1. The summed E-state index contributed by atoms with van der Waals surface area (Å²) in [6.45, 7) is -0.0398. The number of benzene rings is 2. The lowest BCUT2D eigenvalue weighted by atomic mass is 10.1. The molecule has 29 heavy (non-hydrogen) atoms. The van der Waals surface area contributed by atoms with E-state index in [0.717, 1.165) is 10.0 Å². The molecular weight excluding hydrogens is 462 g/mol. The first-order valence-corrected chi connectivity index (χ1v) is 11.0. The van der Waals surface area contributed by atoms with Crippen LogP contribution in [0.5, 0.6) is 0 Å². The van der Waals surface area contributed by atoms with E-state index in [9.17, 15) is 18.0 Å². The molecule has 152 valence electrons. The van der Waals surface area contributed by atoms with Gasteiger partial charge in [0.25, 0.3) is 0 Å². The van der Waals surface area contributed by atoms with E-state index >= 15 is 0 Å². The lowest BCUT2D eigenvalue weighted by Crippen LogP contribution is -2.18. The van der Waals surface area contributed by atoms with E-state index in [4.69, 9.17) is 9.15 Å². The van der Waals surface area contributed by atoms with Gasteiger partial charge in [-0.3, -0.25) is 4.79 Å². The number of sulfonamides is 1. The van der Waals surface area contributed by atoms with E-state index in [-0.39, 0.29) is 17.9 Å². The van der Waals surface area contributed by atoms with E-state index in [2.05, 4.69) is 20.7 Å². The largest absolute Gasteiger partial charge is 0.461 e. The van der Waals surface area contributed by atoms with Crippen molar-refractivity contribution in [1.82, 2.24) is 4.72 Å². The normalized spacial score (nSPS) is 11.5. The molecule has 9 heteroatoms. The maximum Gasteiger partial charge on any atom is 0.336 e. The van der Waals surface area contributed by atoms with Gasteiger partial charge in [0.2, 0.25) is 10.0 Å². The van der Waals surface area contributed by atoms with Crippen molar-refractivity contribution in [3.05, 3.63) is 74.6 Å². The highest BCUT2D eigenvalue weighted by Gasteiger charge is 2.12. The van der Waals surface area contributed by atoms with Crippen molar-refractivity contribution >= 4 is 42.9 Å². The summed E-state index contributed by atoms with van der Waals surface area (Å²) in [5, 5.41) is 0.696. The summed E-state index contributed by atoms with van der Waals surface area (Å²) in [6, 6.07) is 12.9. The molecule has 3 aromatic rings. The second kappa shape index (κ2) is 8.89. The molecule has 0 amide bonds. The molecule has 0 bridgehead atoms. The highest BCUT2D eigenvalue weighted by molar-refractivity contribution is 9.10. The number of hydrogen-bond donors (Lipinski definition) is 1. The molecule has 2 aromatic carbocycles. The molecule has 0 saturated carbocycles. The predicted octanol–water partition coefficient (Wildman–Crippen LogP) is 3.14. The number of fused-ring (bicyclic) bond motifs is 1. The molecule has 0 fully saturated rings. The van der Waals surface area contributed by atoms with Gasteiger partial charge in [0.15, 0.2) is 0 Å². The topological polar surface area (TPSA) is 103 Å². The molecular formula is C20H18BrNO6S. The summed E-state index contributed by atoms with van der Waals surface area (Å²) in [6.07, 6.45) is 0.534. The fourth-order valence-electron chi connectivity index (χ4n) is 2.75. The van der Waals surface area contributed by atoms with Crippen LogP contribution in [0.1, 0.15) is 17.5 Å². The third-order valence-electron chi connectivity index (χ3n) is 4.30. The number of carbonyl (C=O) groups excluding carboxylic acids is 1. The monoisotopic (exact) mass is 479 g/mol. The molecule has 3 rings (SSSR count). The van der Waals surface area contributed by atoms with E-state index in [1.54, 1.807) is 24.3 Å². The van der Waals surface area contributed by atoms with Crippen molar-refractivity contribution in [2.75, 3.05) is 7.05 Å². The van der Waals surface area contributed by atoms with Crippen molar-refractivity contribution in [3.8, 4) is 0 Å². The molecule has 7 nitrogen and oxygen atoms in total. The zero-order valence-corrected chi connectivity index (χ0v) is 17.9. The summed E-state index contributed by atoms with van der Waals surface area (Å²) < 4.78 is 36.9. The van der Waals surface area contributed by atoms with Crippen LogP contribution in [0.3, 0.4) is 0 Å². The third kappa shape index (κ3) is 5.31.